The van der Waals surface area contributed by atoms with E-state index in [1.165, 1.54) is 116 Å². The number of carbonyl (C=O) groups excluding carboxylic acids is 3. The molecule has 0 aliphatic rings. The van der Waals surface area contributed by atoms with E-state index in [0.29, 0.717) is 19.3 Å². The summed E-state index contributed by atoms with van der Waals surface area (Å²) in [5.74, 6) is -0.904. The van der Waals surface area contributed by atoms with Gasteiger partial charge in [0.2, 0.25) is 0 Å². The van der Waals surface area contributed by atoms with E-state index in [1.54, 1.807) is 0 Å². The molecule has 418 valence electrons. The van der Waals surface area contributed by atoms with Crippen LogP contribution in [0, 0.1) is 0 Å². The van der Waals surface area contributed by atoms with Crippen LogP contribution in [-0.4, -0.2) is 37.2 Å². The summed E-state index contributed by atoms with van der Waals surface area (Å²) in [6.07, 6.45) is 81.1. The highest BCUT2D eigenvalue weighted by molar-refractivity contribution is 5.71. The first kappa shape index (κ1) is 69.3. The molecule has 0 spiro atoms. The Morgan fingerprint density at radius 2 is 0.534 bits per heavy atom. The van der Waals surface area contributed by atoms with Crippen molar-refractivity contribution >= 4 is 17.9 Å². The van der Waals surface area contributed by atoms with E-state index in [4.69, 9.17) is 14.2 Å². The molecule has 0 aromatic carbocycles. The molecule has 0 heterocycles. The predicted molar refractivity (Wildman–Crippen MR) is 316 cm³/mol. The molecule has 73 heavy (non-hydrogen) atoms. The van der Waals surface area contributed by atoms with Gasteiger partial charge in [-0.1, -0.05) is 272 Å². The Bertz CT molecular complexity index is 1440. The van der Waals surface area contributed by atoms with Crippen molar-refractivity contribution < 1.29 is 28.6 Å². The second kappa shape index (κ2) is 60.9. The number of unbranched alkanes of at least 4 members (excludes halogenated alkanes) is 28. The zero-order chi connectivity index (χ0) is 52.9. The average Bonchev–Trinajstić information content (AvgIpc) is 3.39. The minimum atomic E-state index is -0.790. The van der Waals surface area contributed by atoms with E-state index in [1.807, 2.05) is 0 Å². The zero-order valence-corrected chi connectivity index (χ0v) is 47.9. The van der Waals surface area contributed by atoms with Crippen LogP contribution in [0.15, 0.2) is 97.2 Å². The fourth-order valence-corrected chi connectivity index (χ4v) is 8.54. The lowest BCUT2D eigenvalue weighted by Gasteiger charge is -2.18. The van der Waals surface area contributed by atoms with Gasteiger partial charge in [-0.25, -0.2) is 0 Å². The van der Waals surface area contributed by atoms with Gasteiger partial charge in [-0.15, -0.1) is 0 Å². The quantitative estimate of drug-likeness (QED) is 0.0261. The van der Waals surface area contributed by atoms with Gasteiger partial charge >= 0.3 is 17.9 Å². The van der Waals surface area contributed by atoms with Crippen LogP contribution >= 0.6 is 0 Å². The van der Waals surface area contributed by atoms with Crippen LogP contribution in [0.25, 0.3) is 0 Å². The monoisotopic (exact) mass is 1010 g/mol. The van der Waals surface area contributed by atoms with E-state index in [2.05, 4.69) is 118 Å². The van der Waals surface area contributed by atoms with Crippen LogP contribution in [0.3, 0.4) is 0 Å². The Hall–Kier alpha value is -3.67. The third kappa shape index (κ3) is 59.1. The second-order valence-corrected chi connectivity index (χ2v) is 20.2. The molecule has 0 N–H and O–H groups in total. The third-order valence-corrected chi connectivity index (χ3v) is 13.1. The van der Waals surface area contributed by atoms with Gasteiger partial charge in [-0.05, 0) is 96.3 Å². The summed E-state index contributed by atoms with van der Waals surface area (Å²) in [5.41, 5.74) is 0. The molecular formula is C67H114O6. The SMILES string of the molecule is CC/C=C\C/C=C\C/C=C\C/C=C\C/C=C\CCCCCCCCCC(=O)OCC(COC(=O)CCCCCCC/C=C\C/C=C\C/C=C\CC)OC(=O)CCCCCCCCCCCCCCCCCCC. The number of ether oxygens (including phenoxy) is 3. The van der Waals surface area contributed by atoms with Crippen LogP contribution in [0.1, 0.15) is 290 Å². The van der Waals surface area contributed by atoms with Gasteiger partial charge in [-0.3, -0.25) is 14.4 Å². The van der Waals surface area contributed by atoms with Crippen molar-refractivity contribution in [2.24, 2.45) is 0 Å². The molecule has 0 radical (unpaired) electrons. The third-order valence-electron chi connectivity index (χ3n) is 13.1. The Labute approximate surface area is 451 Å². The van der Waals surface area contributed by atoms with Crippen molar-refractivity contribution in [1.82, 2.24) is 0 Å². The molecule has 0 aliphatic carbocycles. The molecule has 0 aliphatic heterocycles. The lowest BCUT2D eigenvalue weighted by Crippen LogP contribution is -2.30. The molecule has 0 rings (SSSR count). The fraction of sp³-hybridized carbons (Fsp3) is 0.716. The highest BCUT2D eigenvalue weighted by Crippen LogP contribution is 2.16. The maximum atomic E-state index is 12.9. The molecule has 0 aromatic heterocycles. The molecule has 0 bridgehead atoms. The van der Waals surface area contributed by atoms with E-state index >= 15 is 0 Å². The summed E-state index contributed by atoms with van der Waals surface area (Å²) in [4.78, 5) is 38.3. The smallest absolute Gasteiger partial charge is 0.306 e. The Morgan fingerprint density at radius 1 is 0.288 bits per heavy atom. The van der Waals surface area contributed by atoms with E-state index < -0.39 is 6.10 Å². The van der Waals surface area contributed by atoms with E-state index in [9.17, 15) is 14.4 Å². The Morgan fingerprint density at radius 3 is 0.836 bits per heavy atom. The standard InChI is InChI=1S/C67H114O6/c1-4-7-10-13-16-19-22-25-28-30-31-32-33-34-35-37-39-42-45-48-51-54-57-60-66(69)72-63-64(62-71-65(68)59-56-53-50-47-44-41-38-27-24-21-18-15-12-9-6-3)73-67(70)61-58-55-52-49-46-43-40-36-29-26-23-20-17-14-11-8-5-2/h7,9-10,12,16,18-19,21,25,27-28,31-32,34-35,38,64H,4-6,8,11,13-15,17,20,22-24,26,29-30,33,36-37,39-63H2,1-3H3/b10-7-,12-9-,19-16-,21-18-,28-25-,32-31-,35-34-,38-27-. The Kier molecular flexibility index (Phi) is 57.8. The zero-order valence-electron chi connectivity index (χ0n) is 47.9. The highest BCUT2D eigenvalue weighted by atomic mass is 16.6. The summed E-state index contributed by atoms with van der Waals surface area (Å²) >= 11 is 0. The first-order valence-electron chi connectivity index (χ1n) is 30.7. The molecule has 0 saturated heterocycles. The van der Waals surface area contributed by atoms with Crippen LogP contribution in [0.4, 0.5) is 0 Å². The fourth-order valence-electron chi connectivity index (χ4n) is 8.54. The van der Waals surface area contributed by atoms with Gasteiger partial charge in [0.25, 0.3) is 0 Å². The molecular weight excluding hydrogens is 901 g/mol. The largest absolute Gasteiger partial charge is 0.462 e. The second-order valence-electron chi connectivity index (χ2n) is 20.2. The van der Waals surface area contributed by atoms with Crippen molar-refractivity contribution in [3.05, 3.63) is 97.2 Å². The van der Waals surface area contributed by atoms with Crippen LogP contribution in [0.2, 0.25) is 0 Å². The lowest BCUT2D eigenvalue weighted by molar-refractivity contribution is -0.167. The van der Waals surface area contributed by atoms with Gasteiger partial charge in [0.1, 0.15) is 13.2 Å². The number of rotatable bonds is 55. The van der Waals surface area contributed by atoms with Crippen LogP contribution < -0.4 is 0 Å². The molecule has 1 atom stereocenters. The highest BCUT2D eigenvalue weighted by Gasteiger charge is 2.19. The molecule has 0 aromatic rings. The van der Waals surface area contributed by atoms with Gasteiger partial charge in [0.15, 0.2) is 6.10 Å². The van der Waals surface area contributed by atoms with Crippen molar-refractivity contribution in [2.75, 3.05) is 13.2 Å². The van der Waals surface area contributed by atoms with Crippen molar-refractivity contribution in [2.45, 2.75) is 297 Å². The molecule has 6 heteroatoms. The minimum absolute atomic E-state index is 0.0875. The molecule has 1 unspecified atom stereocenters. The summed E-state index contributed by atoms with van der Waals surface area (Å²) in [6.45, 7) is 6.42. The number of hydrogen-bond acceptors (Lipinski definition) is 6. The predicted octanol–water partition coefficient (Wildman–Crippen LogP) is 20.9. The molecule has 0 amide bonds. The summed E-state index contributed by atoms with van der Waals surface area (Å²) in [6, 6.07) is 0. The maximum absolute atomic E-state index is 12.9. The van der Waals surface area contributed by atoms with Gasteiger partial charge < -0.3 is 14.2 Å². The summed E-state index contributed by atoms with van der Waals surface area (Å²) in [5, 5.41) is 0. The van der Waals surface area contributed by atoms with Crippen molar-refractivity contribution in [1.29, 1.82) is 0 Å². The number of esters is 3. The van der Waals surface area contributed by atoms with Gasteiger partial charge in [-0.2, -0.15) is 0 Å². The van der Waals surface area contributed by atoms with E-state index in [-0.39, 0.29) is 31.1 Å². The summed E-state index contributed by atoms with van der Waals surface area (Å²) in [7, 11) is 0. The van der Waals surface area contributed by atoms with Crippen molar-refractivity contribution in [3.8, 4) is 0 Å². The molecule has 0 fully saturated rings. The Balaban J connectivity index is 4.39. The van der Waals surface area contributed by atoms with Crippen molar-refractivity contribution in [3.63, 3.8) is 0 Å². The first-order chi connectivity index (χ1) is 36.0. The number of allylic oxidation sites excluding steroid dienone is 16. The van der Waals surface area contributed by atoms with Crippen LogP contribution in [0.5, 0.6) is 0 Å². The van der Waals surface area contributed by atoms with E-state index in [0.717, 1.165) is 135 Å². The number of carbonyl (C=O) groups is 3. The van der Waals surface area contributed by atoms with Gasteiger partial charge in [0, 0.05) is 19.3 Å². The number of hydrogen-bond donors (Lipinski definition) is 0. The van der Waals surface area contributed by atoms with Gasteiger partial charge in [0.05, 0.1) is 0 Å². The lowest BCUT2D eigenvalue weighted by atomic mass is 10.0. The molecule has 0 saturated carbocycles. The van der Waals surface area contributed by atoms with Crippen LogP contribution in [-0.2, 0) is 28.6 Å². The summed E-state index contributed by atoms with van der Waals surface area (Å²) < 4.78 is 16.9. The minimum Gasteiger partial charge on any atom is -0.462 e. The maximum Gasteiger partial charge on any atom is 0.306 e. The first-order valence-corrected chi connectivity index (χ1v) is 30.7. The normalized spacial score (nSPS) is 12.8. The average molecular weight is 1020 g/mol. The topological polar surface area (TPSA) is 78.9 Å². The molecule has 6 nitrogen and oxygen atoms in total.